The van der Waals surface area contributed by atoms with Gasteiger partial charge < -0.3 is 5.32 Å². The molecule has 0 aliphatic rings. The third kappa shape index (κ3) is 5.26. The first-order valence-corrected chi connectivity index (χ1v) is 10.4. The van der Waals surface area contributed by atoms with Crippen LogP contribution in [0.4, 0.5) is 19.0 Å². The van der Waals surface area contributed by atoms with Gasteiger partial charge >= 0.3 is 6.18 Å². The highest BCUT2D eigenvalue weighted by Crippen LogP contribution is 2.35. The van der Waals surface area contributed by atoms with Crippen LogP contribution in [0, 0.1) is 6.92 Å². The molecular formula is C17H16ClF3N6O2S. The number of aryl methyl sites for hydroxylation is 1. The number of sulfonamides is 1. The first kappa shape index (κ1) is 22.0. The number of rotatable bonds is 7. The Balaban J connectivity index is 1.64. The van der Waals surface area contributed by atoms with E-state index in [9.17, 15) is 21.6 Å². The van der Waals surface area contributed by atoms with E-state index in [1.807, 2.05) is 0 Å². The third-order valence-electron chi connectivity index (χ3n) is 3.84. The zero-order valence-electron chi connectivity index (χ0n) is 15.5. The summed E-state index contributed by atoms with van der Waals surface area (Å²) in [5, 5.41) is 6.44. The lowest BCUT2D eigenvalue weighted by Gasteiger charge is -2.12. The molecule has 13 heteroatoms. The Hall–Kier alpha value is -2.70. The van der Waals surface area contributed by atoms with Gasteiger partial charge in [0.2, 0.25) is 10.0 Å². The molecule has 160 valence electrons. The summed E-state index contributed by atoms with van der Waals surface area (Å²) in [5.74, 6) is 1.45. The predicted molar refractivity (Wildman–Crippen MR) is 104 cm³/mol. The van der Waals surface area contributed by atoms with Crippen LogP contribution in [0.2, 0.25) is 5.02 Å². The van der Waals surface area contributed by atoms with Crippen molar-refractivity contribution in [1.82, 2.24) is 24.5 Å². The Morgan fingerprint density at radius 3 is 2.60 bits per heavy atom. The van der Waals surface area contributed by atoms with Crippen LogP contribution >= 0.6 is 11.6 Å². The summed E-state index contributed by atoms with van der Waals surface area (Å²) in [7, 11) is -4.16. The summed E-state index contributed by atoms with van der Waals surface area (Å²) < 4.78 is 67.3. The standard InChI is InChI=1S/C17H16ClF3N6O2S/c1-11-25-15(10-16(26-11)27-8-2-5-23-27)22-6-7-24-30(28,29)12-3-4-14(18)13(9-12)17(19,20)21/h2-5,8-10,24H,6-7H2,1H3,(H,22,25,26). The molecule has 0 bridgehead atoms. The minimum absolute atomic E-state index is 0.0908. The highest BCUT2D eigenvalue weighted by molar-refractivity contribution is 7.89. The molecule has 0 fully saturated rings. The molecule has 0 unspecified atom stereocenters. The molecule has 2 heterocycles. The largest absolute Gasteiger partial charge is 0.417 e. The molecule has 0 aliphatic heterocycles. The number of nitrogens with zero attached hydrogens (tertiary/aromatic N) is 4. The van der Waals surface area contributed by atoms with Gasteiger partial charge in [0.15, 0.2) is 5.82 Å². The number of anilines is 1. The van der Waals surface area contributed by atoms with E-state index in [2.05, 4.69) is 25.1 Å². The van der Waals surface area contributed by atoms with Gasteiger partial charge in [0.05, 0.1) is 15.5 Å². The van der Waals surface area contributed by atoms with Crippen molar-refractivity contribution in [1.29, 1.82) is 0 Å². The quantitative estimate of drug-likeness (QED) is 0.525. The van der Waals surface area contributed by atoms with Gasteiger partial charge in [-0.05, 0) is 31.2 Å². The molecule has 8 nitrogen and oxygen atoms in total. The van der Waals surface area contributed by atoms with Crippen molar-refractivity contribution < 1.29 is 21.6 Å². The molecule has 2 aromatic heterocycles. The molecule has 0 saturated carbocycles. The summed E-state index contributed by atoms with van der Waals surface area (Å²) in [6.07, 6.45) is -1.46. The normalized spacial score (nSPS) is 12.2. The third-order valence-corrected chi connectivity index (χ3v) is 5.63. The fourth-order valence-corrected chi connectivity index (χ4v) is 3.79. The van der Waals surface area contributed by atoms with E-state index >= 15 is 0 Å². The van der Waals surface area contributed by atoms with E-state index in [0.717, 1.165) is 12.1 Å². The second-order valence-electron chi connectivity index (χ2n) is 6.07. The molecular weight excluding hydrogens is 445 g/mol. The molecule has 0 saturated heterocycles. The van der Waals surface area contributed by atoms with Crippen molar-refractivity contribution in [2.75, 3.05) is 18.4 Å². The first-order chi connectivity index (χ1) is 14.1. The summed E-state index contributed by atoms with van der Waals surface area (Å²) in [5.41, 5.74) is -1.22. The molecule has 3 rings (SSSR count). The minimum atomic E-state index is -4.76. The Morgan fingerprint density at radius 2 is 1.93 bits per heavy atom. The molecule has 0 radical (unpaired) electrons. The zero-order valence-corrected chi connectivity index (χ0v) is 17.1. The maximum atomic E-state index is 13.0. The lowest BCUT2D eigenvalue weighted by molar-refractivity contribution is -0.137. The van der Waals surface area contributed by atoms with Crippen molar-refractivity contribution in [2.45, 2.75) is 18.0 Å². The minimum Gasteiger partial charge on any atom is -0.369 e. The summed E-state index contributed by atoms with van der Waals surface area (Å²) in [4.78, 5) is 7.93. The van der Waals surface area contributed by atoms with Crippen molar-refractivity contribution >= 4 is 27.4 Å². The molecule has 30 heavy (non-hydrogen) atoms. The van der Waals surface area contributed by atoms with Gasteiger partial charge in [-0.2, -0.15) is 18.3 Å². The van der Waals surface area contributed by atoms with Crippen LogP contribution in [-0.4, -0.2) is 41.3 Å². The van der Waals surface area contributed by atoms with Crippen molar-refractivity contribution in [3.05, 3.63) is 59.1 Å². The van der Waals surface area contributed by atoms with E-state index in [1.165, 1.54) is 0 Å². The average Bonchev–Trinajstić information content (AvgIpc) is 3.19. The number of alkyl halides is 3. The van der Waals surface area contributed by atoms with Gasteiger partial charge in [-0.1, -0.05) is 11.6 Å². The van der Waals surface area contributed by atoms with E-state index < -0.39 is 31.7 Å². The maximum Gasteiger partial charge on any atom is 0.417 e. The average molecular weight is 461 g/mol. The summed E-state index contributed by atoms with van der Waals surface area (Å²) >= 11 is 5.52. The highest BCUT2D eigenvalue weighted by atomic mass is 35.5. The van der Waals surface area contributed by atoms with E-state index in [-0.39, 0.29) is 13.1 Å². The van der Waals surface area contributed by atoms with Gasteiger partial charge in [-0.15, -0.1) is 0 Å². The molecule has 2 N–H and O–H groups in total. The number of aromatic nitrogens is 4. The summed E-state index contributed by atoms with van der Waals surface area (Å²) in [6.45, 7) is 1.74. The fourth-order valence-electron chi connectivity index (χ4n) is 2.51. The SMILES string of the molecule is Cc1nc(NCCNS(=O)(=O)c2ccc(Cl)c(C(F)(F)F)c2)cc(-n2cccn2)n1. The van der Waals surface area contributed by atoms with Crippen molar-refractivity contribution in [3.63, 3.8) is 0 Å². The van der Waals surface area contributed by atoms with E-state index in [4.69, 9.17) is 11.6 Å². The lowest BCUT2D eigenvalue weighted by Crippen LogP contribution is -2.29. The van der Waals surface area contributed by atoms with Crippen molar-refractivity contribution in [3.8, 4) is 5.82 Å². The van der Waals surface area contributed by atoms with Crippen LogP contribution in [-0.2, 0) is 16.2 Å². The zero-order chi connectivity index (χ0) is 21.9. The number of nitrogens with one attached hydrogen (secondary N) is 2. The van der Waals surface area contributed by atoms with Crippen molar-refractivity contribution in [2.24, 2.45) is 0 Å². The lowest BCUT2D eigenvalue weighted by atomic mass is 10.2. The van der Waals surface area contributed by atoms with Gasteiger partial charge in [-0.3, -0.25) is 0 Å². The maximum absolute atomic E-state index is 13.0. The number of hydrogen-bond acceptors (Lipinski definition) is 6. The number of benzene rings is 1. The molecule has 0 amide bonds. The predicted octanol–water partition coefficient (Wildman–Crippen LogP) is 3.03. The van der Waals surface area contributed by atoms with Gasteiger partial charge in [-0.25, -0.2) is 27.8 Å². The van der Waals surface area contributed by atoms with Crippen LogP contribution in [0.15, 0.2) is 47.6 Å². The second kappa shape index (κ2) is 8.58. The van der Waals surface area contributed by atoms with Gasteiger partial charge in [0.25, 0.3) is 0 Å². The van der Waals surface area contributed by atoms with Crippen LogP contribution < -0.4 is 10.0 Å². The topological polar surface area (TPSA) is 102 Å². The Kier molecular flexibility index (Phi) is 6.29. The van der Waals surface area contributed by atoms with Gasteiger partial charge in [0.1, 0.15) is 11.6 Å². The van der Waals surface area contributed by atoms with Gasteiger partial charge in [0, 0.05) is 31.5 Å². The monoisotopic (exact) mass is 460 g/mol. The molecule has 3 aromatic rings. The Morgan fingerprint density at radius 1 is 1.17 bits per heavy atom. The second-order valence-corrected chi connectivity index (χ2v) is 8.25. The molecule has 0 atom stereocenters. The van der Waals surface area contributed by atoms with E-state index in [1.54, 1.807) is 36.1 Å². The number of hydrogen-bond donors (Lipinski definition) is 2. The highest BCUT2D eigenvalue weighted by Gasteiger charge is 2.34. The van der Waals surface area contributed by atoms with Crippen LogP contribution in [0.1, 0.15) is 11.4 Å². The van der Waals surface area contributed by atoms with Crippen LogP contribution in [0.5, 0.6) is 0 Å². The fraction of sp³-hybridized carbons (Fsp3) is 0.235. The number of halogens is 4. The van der Waals surface area contributed by atoms with Crippen LogP contribution in [0.3, 0.4) is 0 Å². The van der Waals surface area contributed by atoms with E-state index in [0.29, 0.717) is 23.5 Å². The molecule has 0 spiro atoms. The van der Waals surface area contributed by atoms with Crippen LogP contribution in [0.25, 0.3) is 5.82 Å². The Bertz CT molecular complexity index is 1140. The molecule has 0 aliphatic carbocycles. The summed E-state index contributed by atoms with van der Waals surface area (Å²) in [6, 6.07) is 5.78. The smallest absolute Gasteiger partial charge is 0.369 e. The first-order valence-electron chi connectivity index (χ1n) is 8.52. The molecule has 1 aromatic carbocycles. The Labute approximate surface area is 175 Å².